The van der Waals surface area contributed by atoms with E-state index in [0.29, 0.717) is 6.54 Å². The number of piperidine rings is 1. The van der Waals surface area contributed by atoms with Gasteiger partial charge in [0.15, 0.2) is 0 Å². The van der Waals surface area contributed by atoms with E-state index in [4.69, 9.17) is 0 Å². The summed E-state index contributed by atoms with van der Waals surface area (Å²) in [4.78, 5) is 17.3. The summed E-state index contributed by atoms with van der Waals surface area (Å²) in [6.07, 6.45) is 4.06. The molecule has 0 bridgehead atoms. The quantitative estimate of drug-likeness (QED) is 0.821. The molecule has 1 fully saturated rings. The first kappa shape index (κ1) is 18.4. The Morgan fingerprint density at radius 3 is 2.76 bits per heavy atom. The molecule has 1 amide bonds. The topological polar surface area (TPSA) is 57.7 Å². The zero-order valence-corrected chi connectivity index (χ0v) is 16.1. The minimum absolute atomic E-state index is 0.123. The fraction of sp³-hybridized carbons (Fsp3) is 0.632. The summed E-state index contributed by atoms with van der Waals surface area (Å²) in [5, 5.41) is 0. The van der Waals surface area contributed by atoms with Crippen LogP contribution in [0, 0.1) is 5.92 Å². The lowest BCUT2D eigenvalue weighted by Crippen LogP contribution is -2.52. The van der Waals surface area contributed by atoms with Gasteiger partial charge < -0.3 is 4.90 Å². The van der Waals surface area contributed by atoms with Crippen molar-refractivity contribution in [2.75, 3.05) is 30.0 Å². The molecule has 2 heterocycles. The van der Waals surface area contributed by atoms with E-state index >= 15 is 0 Å². The second kappa shape index (κ2) is 7.08. The molecule has 6 heteroatoms. The summed E-state index contributed by atoms with van der Waals surface area (Å²) < 4.78 is 23.2. The number of benzene rings is 1. The first-order valence-electron chi connectivity index (χ1n) is 9.09. The van der Waals surface area contributed by atoms with Crippen LogP contribution < -0.4 is 4.90 Å². The maximum absolute atomic E-state index is 13.2. The van der Waals surface area contributed by atoms with Crippen molar-refractivity contribution in [1.29, 1.82) is 0 Å². The van der Waals surface area contributed by atoms with Crippen molar-refractivity contribution >= 4 is 21.4 Å². The van der Waals surface area contributed by atoms with Gasteiger partial charge in [-0.15, -0.1) is 0 Å². The molecule has 5 nitrogen and oxygen atoms in total. The summed E-state index contributed by atoms with van der Waals surface area (Å²) in [5.41, 5.74) is 2.25. The number of rotatable bonds is 4. The Morgan fingerprint density at radius 1 is 1.32 bits per heavy atom. The molecule has 2 aliphatic heterocycles. The molecule has 3 unspecified atom stereocenters. The van der Waals surface area contributed by atoms with E-state index in [9.17, 15) is 13.2 Å². The van der Waals surface area contributed by atoms with E-state index in [1.165, 1.54) is 11.8 Å². The van der Waals surface area contributed by atoms with Gasteiger partial charge in [0.25, 0.3) is 0 Å². The van der Waals surface area contributed by atoms with Crippen LogP contribution in [0.4, 0.5) is 5.69 Å². The molecule has 3 rings (SSSR count). The number of fused-ring (bicyclic) bond motifs is 1. The van der Waals surface area contributed by atoms with Crippen molar-refractivity contribution in [3.8, 4) is 0 Å². The predicted molar refractivity (Wildman–Crippen MR) is 101 cm³/mol. The largest absolute Gasteiger partial charge is 0.308 e. The Labute approximate surface area is 150 Å². The third-order valence-electron chi connectivity index (χ3n) is 5.44. The van der Waals surface area contributed by atoms with Crippen molar-refractivity contribution in [2.45, 2.75) is 45.2 Å². The van der Waals surface area contributed by atoms with Crippen LogP contribution in [0.15, 0.2) is 24.3 Å². The second-order valence-corrected chi connectivity index (χ2v) is 9.85. The first-order chi connectivity index (χ1) is 11.8. The summed E-state index contributed by atoms with van der Waals surface area (Å²) in [6, 6.07) is 8.05. The van der Waals surface area contributed by atoms with Crippen molar-refractivity contribution in [1.82, 2.24) is 4.90 Å². The standard InChI is InChI=1S/C19H28N2O3S/c1-14-11-17-8-4-5-9-18(17)21(14)19(22)15(2)20-10-6-7-16(12-20)13-25(3,23)24/h4-5,8-9,14-16H,6-7,10-13H2,1-3H3. The first-order valence-corrected chi connectivity index (χ1v) is 11.1. The average Bonchev–Trinajstić information content (AvgIpc) is 2.88. The minimum Gasteiger partial charge on any atom is -0.308 e. The lowest BCUT2D eigenvalue weighted by Gasteiger charge is -2.38. The molecule has 1 saturated heterocycles. The van der Waals surface area contributed by atoms with E-state index in [1.807, 2.05) is 30.0 Å². The number of para-hydroxylation sites is 1. The van der Waals surface area contributed by atoms with Gasteiger partial charge >= 0.3 is 0 Å². The Kier molecular flexibility index (Phi) is 5.21. The normalized spacial score (nSPS) is 25.6. The lowest BCUT2D eigenvalue weighted by atomic mass is 9.98. The summed E-state index contributed by atoms with van der Waals surface area (Å²) in [5.74, 6) is 0.465. The molecule has 2 aliphatic rings. The predicted octanol–water partition coefficient (Wildman–Crippen LogP) is 2.11. The average molecular weight is 365 g/mol. The number of sulfone groups is 1. The van der Waals surface area contributed by atoms with Gasteiger partial charge in [-0.25, -0.2) is 8.42 Å². The Morgan fingerprint density at radius 2 is 2.04 bits per heavy atom. The van der Waals surface area contributed by atoms with Crippen LogP contribution in [0.5, 0.6) is 0 Å². The van der Waals surface area contributed by atoms with Crippen LogP contribution in [-0.4, -0.2) is 56.4 Å². The molecule has 0 aromatic heterocycles. The minimum atomic E-state index is -2.98. The van der Waals surface area contributed by atoms with Gasteiger partial charge in [0, 0.05) is 24.5 Å². The molecular formula is C19H28N2O3S. The number of likely N-dealkylation sites (tertiary alicyclic amines) is 1. The molecule has 0 saturated carbocycles. The van der Waals surface area contributed by atoms with Crippen LogP contribution in [0.2, 0.25) is 0 Å². The van der Waals surface area contributed by atoms with Gasteiger partial charge in [0.05, 0.1) is 11.8 Å². The Hall–Kier alpha value is -1.40. The van der Waals surface area contributed by atoms with Gasteiger partial charge in [0.1, 0.15) is 9.84 Å². The summed E-state index contributed by atoms with van der Waals surface area (Å²) in [7, 11) is -2.98. The van der Waals surface area contributed by atoms with Crippen LogP contribution >= 0.6 is 0 Å². The highest BCUT2D eigenvalue weighted by Gasteiger charge is 2.36. The van der Waals surface area contributed by atoms with Crippen molar-refractivity contribution in [3.05, 3.63) is 29.8 Å². The SMILES string of the molecule is CC(C(=O)N1c2ccccc2CC1C)N1CCCC(CS(C)(=O)=O)C1. The molecule has 25 heavy (non-hydrogen) atoms. The van der Waals surface area contributed by atoms with Gasteiger partial charge in [-0.2, -0.15) is 0 Å². The van der Waals surface area contributed by atoms with E-state index in [-0.39, 0.29) is 29.7 Å². The molecule has 0 spiro atoms. The number of carbonyl (C=O) groups is 1. The third kappa shape index (κ3) is 4.06. The summed E-state index contributed by atoms with van der Waals surface area (Å²) in [6.45, 7) is 5.59. The second-order valence-electron chi connectivity index (χ2n) is 7.66. The maximum atomic E-state index is 13.2. The molecular weight excluding hydrogens is 336 g/mol. The van der Waals surface area contributed by atoms with E-state index in [0.717, 1.165) is 31.5 Å². The van der Waals surface area contributed by atoms with Crippen molar-refractivity contribution in [3.63, 3.8) is 0 Å². The van der Waals surface area contributed by atoms with Crippen molar-refractivity contribution in [2.24, 2.45) is 5.92 Å². The van der Waals surface area contributed by atoms with Crippen LogP contribution in [0.1, 0.15) is 32.3 Å². The lowest BCUT2D eigenvalue weighted by molar-refractivity contribution is -0.124. The number of hydrogen-bond acceptors (Lipinski definition) is 4. The number of hydrogen-bond donors (Lipinski definition) is 0. The fourth-order valence-electron chi connectivity index (χ4n) is 4.27. The zero-order chi connectivity index (χ0) is 18.2. The molecule has 1 aromatic rings. The molecule has 0 N–H and O–H groups in total. The maximum Gasteiger partial charge on any atom is 0.244 e. The zero-order valence-electron chi connectivity index (χ0n) is 15.3. The molecule has 0 radical (unpaired) electrons. The van der Waals surface area contributed by atoms with Gasteiger partial charge in [0.2, 0.25) is 5.91 Å². The molecule has 0 aliphatic carbocycles. The van der Waals surface area contributed by atoms with E-state index in [2.05, 4.69) is 17.9 Å². The highest BCUT2D eigenvalue weighted by molar-refractivity contribution is 7.90. The highest BCUT2D eigenvalue weighted by Crippen LogP contribution is 2.33. The van der Waals surface area contributed by atoms with Crippen LogP contribution in [0.3, 0.4) is 0 Å². The Bertz CT molecular complexity index is 747. The highest BCUT2D eigenvalue weighted by atomic mass is 32.2. The third-order valence-corrected chi connectivity index (χ3v) is 6.52. The smallest absolute Gasteiger partial charge is 0.244 e. The molecule has 1 aromatic carbocycles. The number of anilines is 1. The fourth-order valence-corrected chi connectivity index (χ4v) is 5.40. The number of carbonyl (C=O) groups excluding carboxylic acids is 1. The Balaban J connectivity index is 1.72. The summed E-state index contributed by atoms with van der Waals surface area (Å²) >= 11 is 0. The van der Waals surface area contributed by atoms with Gasteiger partial charge in [-0.1, -0.05) is 18.2 Å². The van der Waals surface area contributed by atoms with Gasteiger partial charge in [-0.05, 0) is 57.2 Å². The monoisotopic (exact) mass is 364 g/mol. The molecule has 138 valence electrons. The number of nitrogens with zero attached hydrogens (tertiary/aromatic N) is 2. The number of amides is 1. The van der Waals surface area contributed by atoms with E-state index in [1.54, 1.807) is 0 Å². The van der Waals surface area contributed by atoms with Gasteiger partial charge in [-0.3, -0.25) is 9.69 Å². The van der Waals surface area contributed by atoms with Crippen molar-refractivity contribution < 1.29 is 13.2 Å². The molecule has 3 atom stereocenters. The van der Waals surface area contributed by atoms with Crippen LogP contribution in [-0.2, 0) is 21.1 Å². The van der Waals surface area contributed by atoms with E-state index < -0.39 is 9.84 Å². The van der Waals surface area contributed by atoms with Crippen LogP contribution in [0.25, 0.3) is 0 Å².